The molecule has 2 fully saturated rings. The second-order valence-electron chi connectivity index (χ2n) is 10.4. The first-order valence-corrected chi connectivity index (χ1v) is 16.9. The van der Waals surface area contributed by atoms with E-state index in [-0.39, 0.29) is 17.5 Å². The van der Waals surface area contributed by atoms with Crippen molar-refractivity contribution < 1.29 is 22.8 Å². The van der Waals surface area contributed by atoms with E-state index in [1.165, 1.54) is 6.33 Å². The molecule has 0 amide bonds. The number of imidazole rings is 1. The Balaban J connectivity index is 1.54. The molecule has 36 heavy (non-hydrogen) atoms. The van der Waals surface area contributed by atoms with Crippen molar-refractivity contribution in [1.29, 1.82) is 0 Å². The quantitative estimate of drug-likeness (QED) is 0.233. The van der Waals surface area contributed by atoms with E-state index in [0.717, 1.165) is 0 Å². The number of ether oxygens (including phenoxy) is 1. The minimum absolute atomic E-state index is 0.0665. The molecule has 194 valence electrons. The maximum atomic E-state index is 13.6. The second kappa shape index (κ2) is 9.16. The van der Waals surface area contributed by atoms with Crippen LogP contribution in [-0.4, -0.2) is 52.8 Å². The summed E-state index contributed by atoms with van der Waals surface area (Å²) in [5, 5.41) is 2.84. The Bertz CT molecular complexity index is 1320. The van der Waals surface area contributed by atoms with Crippen LogP contribution in [0.4, 0.5) is 11.5 Å². The van der Waals surface area contributed by atoms with Gasteiger partial charge in [-0.15, -0.1) is 0 Å². The first-order valence-electron chi connectivity index (χ1n) is 11.6. The van der Waals surface area contributed by atoms with Gasteiger partial charge in [0.1, 0.15) is 24.6 Å². The van der Waals surface area contributed by atoms with Crippen molar-refractivity contribution in [1.82, 2.24) is 19.5 Å². The molecule has 0 spiro atoms. The van der Waals surface area contributed by atoms with E-state index in [4.69, 9.17) is 23.9 Å². The van der Waals surface area contributed by atoms with Gasteiger partial charge in [-0.2, -0.15) is 0 Å². The summed E-state index contributed by atoms with van der Waals surface area (Å²) in [7, 11) is -6.03. The predicted octanol–water partition coefficient (Wildman–Crippen LogP) is 5.09. The van der Waals surface area contributed by atoms with Crippen LogP contribution in [-0.2, 0) is 22.8 Å². The fraction of sp³-hybridized carbons (Fsp3) is 0.500. The summed E-state index contributed by atoms with van der Waals surface area (Å²) in [4.78, 5) is 13.0. The summed E-state index contributed by atoms with van der Waals surface area (Å²) in [6.07, 6.45) is -1.10. The Morgan fingerprint density at radius 1 is 1.25 bits per heavy atom. The van der Waals surface area contributed by atoms with E-state index in [0.29, 0.717) is 21.6 Å². The number of hydrogen-bond acceptors (Lipinski definition) is 9. The molecule has 5 atom stereocenters. The van der Waals surface area contributed by atoms with Gasteiger partial charge in [0.05, 0.1) is 6.61 Å². The molecule has 2 aliphatic rings. The van der Waals surface area contributed by atoms with Gasteiger partial charge < -0.3 is 14.9 Å². The lowest BCUT2D eigenvalue weighted by atomic mass is 10.1. The van der Waals surface area contributed by atoms with E-state index < -0.39 is 40.6 Å². The third kappa shape index (κ3) is 4.62. The Labute approximate surface area is 218 Å². The Kier molecular flexibility index (Phi) is 6.55. The second-order valence-corrected chi connectivity index (χ2v) is 17.6. The van der Waals surface area contributed by atoms with Crippen LogP contribution >= 0.6 is 23.7 Å². The van der Waals surface area contributed by atoms with Gasteiger partial charge in [-0.3, -0.25) is 18.7 Å². The Morgan fingerprint density at radius 3 is 2.67 bits per heavy atom. The van der Waals surface area contributed by atoms with Crippen molar-refractivity contribution in [2.24, 2.45) is 0 Å². The third-order valence-corrected chi connectivity index (χ3v) is 13.5. The molecule has 0 bridgehead atoms. The van der Waals surface area contributed by atoms with Gasteiger partial charge in [0, 0.05) is 5.69 Å². The average molecular weight is 597 g/mol. The first kappa shape index (κ1) is 25.8. The number of aromatic nitrogens is 4. The normalized spacial score (nSPS) is 28.8. The lowest BCUT2D eigenvalue weighted by Gasteiger charge is -2.41. The highest BCUT2D eigenvalue weighted by atomic mass is 79.9. The summed E-state index contributed by atoms with van der Waals surface area (Å²) >= 11 is 3.53. The Hall–Kier alpha value is -1.86. The molecule has 2 aromatic heterocycles. The van der Waals surface area contributed by atoms with Gasteiger partial charge in [-0.05, 0) is 46.2 Å². The number of nitrogen functional groups attached to an aromatic ring is 1. The first-order chi connectivity index (χ1) is 16.9. The number of para-hydroxylation sites is 1. The number of nitrogens with two attached hydrogens (primary N) is 1. The highest BCUT2D eigenvalue weighted by Crippen LogP contribution is 2.57. The van der Waals surface area contributed by atoms with Gasteiger partial charge in [0.15, 0.2) is 36.3 Å². The fourth-order valence-corrected chi connectivity index (χ4v) is 7.43. The van der Waals surface area contributed by atoms with Crippen molar-refractivity contribution in [3.63, 3.8) is 0 Å². The number of nitrogens with zero attached hydrogens (tertiary/aromatic N) is 4. The number of nitrogens with one attached hydrogen (secondary N) is 1. The van der Waals surface area contributed by atoms with Crippen molar-refractivity contribution in [2.75, 3.05) is 17.4 Å². The van der Waals surface area contributed by atoms with Crippen LogP contribution in [0.3, 0.4) is 0 Å². The highest BCUT2D eigenvalue weighted by molar-refractivity contribution is 9.10. The van der Waals surface area contributed by atoms with Crippen LogP contribution in [0.1, 0.15) is 27.0 Å². The zero-order valence-electron chi connectivity index (χ0n) is 20.7. The van der Waals surface area contributed by atoms with E-state index in [1.807, 2.05) is 18.2 Å². The summed E-state index contributed by atoms with van der Waals surface area (Å²) in [5.41, 5.74) is 7.63. The zero-order chi connectivity index (χ0) is 25.9. The summed E-state index contributed by atoms with van der Waals surface area (Å²) in [6.45, 7) is 10.8. The third-order valence-electron chi connectivity index (χ3n) is 6.95. The molecule has 2 saturated heterocycles. The number of fused-ring (bicyclic) bond motifs is 2. The molecule has 2 aliphatic heterocycles. The topological polar surface area (TPSA) is 136 Å². The van der Waals surface area contributed by atoms with Gasteiger partial charge >= 0.3 is 7.75 Å². The van der Waals surface area contributed by atoms with Crippen molar-refractivity contribution in [3.05, 3.63) is 41.4 Å². The molecular weight excluding hydrogens is 567 g/mol. The SMILES string of the molecule is CC(C)(C)[Si](C)(C)O[C@@H]1C(n2c(Br)nc3c(N)ncnc32)OC2CO[P@@](=O)(Nc3ccccc3)O[C@@H]21. The minimum Gasteiger partial charge on any atom is -0.407 e. The van der Waals surface area contributed by atoms with Gasteiger partial charge in [-0.25, -0.2) is 19.5 Å². The van der Waals surface area contributed by atoms with Crippen molar-refractivity contribution in [3.8, 4) is 0 Å². The lowest BCUT2D eigenvalue weighted by molar-refractivity contribution is -0.0582. The Morgan fingerprint density at radius 2 is 1.97 bits per heavy atom. The molecule has 0 saturated carbocycles. The minimum atomic E-state index is -3.70. The van der Waals surface area contributed by atoms with E-state index in [1.54, 1.807) is 16.7 Å². The molecule has 1 aromatic carbocycles. The van der Waals surface area contributed by atoms with Crippen LogP contribution in [0.25, 0.3) is 11.2 Å². The van der Waals surface area contributed by atoms with Crippen LogP contribution in [0, 0.1) is 0 Å². The molecule has 0 aliphatic carbocycles. The van der Waals surface area contributed by atoms with Crippen LogP contribution < -0.4 is 10.8 Å². The monoisotopic (exact) mass is 596 g/mol. The summed E-state index contributed by atoms with van der Waals surface area (Å²) in [6, 6.07) is 9.16. The number of halogens is 1. The maximum absolute atomic E-state index is 13.6. The van der Waals surface area contributed by atoms with Crippen molar-refractivity contribution in [2.45, 2.75) is 63.4 Å². The van der Waals surface area contributed by atoms with Crippen LogP contribution in [0.2, 0.25) is 18.1 Å². The number of anilines is 2. The summed E-state index contributed by atoms with van der Waals surface area (Å²) in [5.74, 6) is 0.257. The molecular formula is C22H30BrN6O5PSi. The smallest absolute Gasteiger partial charge is 0.407 e. The standard InChI is InChI=1S/C22H30BrN6O5PSi/c1-22(2,3)36(4,5)34-17-16-14(11-31-35(30,33-16)28-13-9-7-6-8-10-13)32-20(17)29-19-15(27-21(29)23)18(24)25-12-26-19/h6-10,12,14,16-17,20H,11H2,1-5H3,(H,28,30)(H2,24,25,26)/t14?,16-,17-,20?,35-/m0/s1. The fourth-order valence-electron chi connectivity index (χ4n) is 4.04. The molecule has 5 rings (SSSR count). The molecule has 14 heteroatoms. The van der Waals surface area contributed by atoms with Crippen LogP contribution in [0.15, 0.2) is 41.4 Å². The summed E-state index contributed by atoms with van der Waals surface area (Å²) < 4.78 is 41.1. The average Bonchev–Trinajstić information content (AvgIpc) is 3.30. The van der Waals surface area contributed by atoms with E-state index >= 15 is 0 Å². The van der Waals surface area contributed by atoms with Gasteiger partial charge in [-0.1, -0.05) is 39.0 Å². The largest absolute Gasteiger partial charge is 0.433 e. The number of benzene rings is 1. The molecule has 0 radical (unpaired) electrons. The lowest BCUT2D eigenvalue weighted by Crippen LogP contribution is -2.50. The van der Waals surface area contributed by atoms with E-state index in [2.05, 4.69) is 69.8 Å². The molecule has 2 unspecified atom stereocenters. The molecule has 4 heterocycles. The predicted molar refractivity (Wildman–Crippen MR) is 142 cm³/mol. The zero-order valence-corrected chi connectivity index (χ0v) is 24.2. The van der Waals surface area contributed by atoms with Crippen molar-refractivity contribution >= 4 is 54.7 Å². The molecule has 3 aromatic rings. The van der Waals surface area contributed by atoms with Gasteiger partial charge in [0.2, 0.25) is 0 Å². The highest BCUT2D eigenvalue weighted by Gasteiger charge is 2.57. The van der Waals surface area contributed by atoms with Gasteiger partial charge in [0.25, 0.3) is 0 Å². The van der Waals surface area contributed by atoms with Crippen LogP contribution in [0.5, 0.6) is 0 Å². The maximum Gasteiger partial charge on any atom is 0.433 e. The number of rotatable bonds is 5. The molecule has 3 N–H and O–H groups in total. The number of hydrogen-bond donors (Lipinski definition) is 2. The van der Waals surface area contributed by atoms with E-state index in [9.17, 15) is 4.57 Å². The molecule has 11 nitrogen and oxygen atoms in total.